The Morgan fingerprint density at radius 2 is 2.16 bits per heavy atom. The third-order valence-electron chi connectivity index (χ3n) is 3.59. The van der Waals surface area contributed by atoms with E-state index in [1.807, 2.05) is 31.2 Å². The SMILES string of the molecule is CC(C)c1[nH]c(C(C)OCCCC(=O)O)nc1Sc1cccc(Cl)c1. The summed E-state index contributed by atoms with van der Waals surface area (Å²) in [6.45, 7) is 6.52. The van der Waals surface area contributed by atoms with Crippen LogP contribution in [0.3, 0.4) is 0 Å². The second kappa shape index (κ2) is 9.27. The van der Waals surface area contributed by atoms with Crippen molar-refractivity contribution in [1.29, 1.82) is 0 Å². The highest BCUT2D eigenvalue weighted by Crippen LogP contribution is 2.34. The molecule has 5 nitrogen and oxygen atoms in total. The highest BCUT2D eigenvalue weighted by Gasteiger charge is 2.18. The molecule has 2 N–H and O–H groups in total. The summed E-state index contributed by atoms with van der Waals surface area (Å²) in [4.78, 5) is 19.6. The van der Waals surface area contributed by atoms with Gasteiger partial charge >= 0.3 is 5.97 Å². The second-order valence-electron chi connectivity index (χ2n) is 6.07. The minimum Gasteiger partial charge on any atom is -0.481 e. The number of aromatic amines is 1. The van der Waals surface area contributed by atoms with Crippen molar-refractivity contribution in [2.24, 2.45) is 0 Å². The highest BCUT2D eigenvalue weighted by atomic mass is 35.5. The number of ether oxygens (including phenoxy) is 1. The molecule has 0 bridgehead atoms. The molecular weight excluding hydrogens is 360 g/mol. The molecular formula is C18H23ClN2O3S. The van der Waals surface area contributed by atoms with E-state index < -0.39 is 5.97 Å². The topological polar surface area (TPSA) is 75.2 Å². The number of rotatable bonds is 9. The summed E-state index contributed by atoms with van der Waals surface area (Å²) in [5, 5.41) is 10.3. The Bertz CT molecular complexity index is 718. The lowest BCUT2D eigenvalue weighted by Gasteiger charge is -2.10. The molecule has 0 aliphatic carbocycles. The third-order valence-corrected chi connectivity index (χ3v) is 4.82. The molecule has 0 aliphatic heterocycles. The maximum atomic E-state index is 10.5. The van der Waals surface area contributed by atoms with Crippen molar-refractivity contribution in [3.63, 3.8) is 0 Å². The fourth-order valence-electron chi connectivity index (χ4n) is 2.26. The van der Waals surface area contributed by atoms with E-state index in [9.17, 15) is 4.79 Å². The van der Waals surface area contributed by atoms with E-state index in [4.69, 9.17) is 26.4 Å². The fourth-order valence-corrected chi connectivity index (χ4v) is 3.61. The van der Waals surface area contributed by atoms with Gasteiger partial charge in [-0.15, -0.1) is 0 Å². The first-order chi connectivity index (χ1) is 11.9. The number of hydrogen-bond acceptors (Lipinski definition) is 4. The van der Waals surface area contributed by atoms with Crippen molar-refractivity contribution >= 4 is 29.3 Å². The van der Waals surface area contributed by atoms with Gasteiger partial charge in [-0.05, 0) is 37.5 Å². The Kier molecular flexibility index (Phi) is 7.35. The first-order valence-electron chi connectivity index (χ1n) is 8.23. The second-order valence-corrected chi connectivity index (χ2v) is 7.56. The van der Waals surface area contributed by atoms with Crippen LogP contribution in [0, 0.1) is 0 Å². The van der Waals surface area contributed by atoms with Gasteiger partial charge in [-0.25, -0.2) is 4.98 Å². The summed E-state index contributed by atoms with van der Waals surface area (Å²) < 4.78 is 5.71. The van der Waals surface area contributed by atoms with Crippen LogP contribution in [0.1, 0.15) is 57.2 Å². The normalized spacial score (nSPS) is 12.5. The number of halogens is 1. The van der Waals surface area contributed by atoms with Crippen LogP contribution in [0.15, 0.2) is 34.2 Å². The molecule has 0 aliphatic rings. The highest BCUT2D eigenvalue weighted by molar-refractivity contribution is 7.99. The molecule has 1 unspecified atom stereocenters. The molecule has 0 spiro atoms. The van der Waals surface area contributed by atoms with Crippen molar-refractivity contribution in [2.45, 2.75) is 55.6 Å². The fraction of sp³-hybridized carbons (Fsp3) is 0.444. The molecule has 1 aromatic heterocycles. The lowest BCUT2D eigenvalue weighted by Crippen LogP contribution is -2.05. The molecule has 0 amide bonds. The Morgan fingerprint density at radius 3 is 2.80 bits per heavy atom. The van der Waals surface area contributed by atoms with Crippen molar-refractivity contribution in [3.05, 3.63) is 40.8 Å². The van der Waals surface area contributed by atoms with Crippen LogP contribution < -0.4 is 0 Å². The van der Waals surface area contributed by atoms with Crippen molar-refractivity contribution in [1.82, 2.24) is 9.97 Å². The molecule has 1 aromatic carbocycles. The number of carbonyl (C=O) groups is 1. The lowest BCUT2D eigenvalue weighted by atomic mass is 10.2. The van der Waals surface area contributed by atoms with E-state index in [0.717, 1.165) is 21.4 Å². The zero-order valence-electron chi connectivity index (χ0n) is 14.6. The summed E-state index contributed by atoms with van der Waals surface area (Å²) in [6, 6.07) is 7.68. The molecule has 2 aromatic rings. The van der Waals surface area contributed by atoms with Gasteiger partial charge in [-0.2, -0.15) is 0 Å². The van der Waals surface area contributed by atoms with E-state index in [1.54, 1.807) is 11.8 Å². The molecule has 0 saturated carbocycles. The summed E-state index contributed by atoms with van der Waals surface area (Å²) in [7, 11) is 0. The van der Waals surface area contributed by atoms with Crippen LogP contribution in [0.2, 0.25) is 5.02 Å². The van der Waals surface area contributed by atoms with Crippen LogP contribution in [0.4, 0.5) is 0 Å². The van der Waals surface area contributed by atoms with Gasteiger partial charge in [0.2, 0.25) is 0 Å². The number of hydrogen-bond donors (Lipinski definition) is 2. The molecule has 136 valence electrons. The molecule has 1 atom stereocenters. The largest absolute Gasteiger partial charge is 0.481 e. The minimum absolute atomic E-state index is 0.109. The number of nitrogens with one attached hydrogen (secondary N) is 1. The smallest absolute Gasteiger partial charge is 0.303 e. The zero-order chi connectivity index (χ0) is 18.4. The maximum absolute atomic E-state index is 10.5. The molecule has 25 heavy (non-hydrogen) atoms. The number of imidazole rings is 1. The molecule has 0 saturated heterocycles. The maximum Gasteiger partial charge on any atom is 0.303 e. The molecule has 0 fully saturated rings. The minimum atomic E-state index is -0.809. The van der Waals surface area contributed by atoms with Gasteiger partial charge in [0.25, 0.3) is 0 Å². The van der Waals surface area contributed by atoms with Crippen LogP contribution in [0.25, 0.3) is 0 Å². The van der Waals surface area contributed by atoms with Crippen LogP contribution in [-0.4, -0.2) is 27.7 Å². The Labute approximate surface area is 157 Å². The predicted molar refractivity (Wildman–Crippen MR) is 99.5 cm³/mol. The first kappa shape index (κ1) is 19.8. The van der Waals surface area contributed by atoms with E-state index in [0.29, 0.717) is 24.0 Å². The van der Waals surface area contributed by atoms with Crippen LogP contribution >= 0.6 is 23.4 Å². The summed E-state index contributed by atoms with van der Waals surface area (Å²) >= 11 is 7.63. The summed E-state index contributed by atoms with van der Waals surface area (Å²) in [5.74, 6) is 0.238. The Morgan fingerprint density at radius 1 is 1.40 bits per heavy atom. The van der Waals surface area contributed by atoms with Crippen LogP contribution in [0.5, 0.6) is 0 Å². The number of benzene rings is 1. The average Bonchev–Trinajstić information content (AvgIpc) is 2.95. The third kappa shape index (κ3) is 6.06. The Hall–Kier alpha value is -1.50. The monoisotopic (exact) mass is 382 g/mol. The molecule has 7 heteroatoms. The summed E-state index contributed by atoms with van der Waals surface area (Å²) in [5.41, 5.74) is 1.06. The predicted octanol–water partition coefficient (Wildman–Crippen LogP) is 5.28. The van der Waals surface area contributed by atoms with Crippen molar-refractivity contribution < 1.29 is 14.6 Å². The summed E-state index contributed by atoms with van der Waals surface area (Å²) in [6.07, 6.45) is 0.375. The number of carboxylic acids is 1. The molecule has 0 radical (unpaired) electrons. The number of carboxylic acid groups (broad SMARTS) is 1. The van der Waals surface area contributed by atoms with Gasteiger partial charge < -0.3 is 14.8 Å². The number of H-pyrrole nitrogens is 1. The van der Waals surface area contributed by atoms with E-state index in [-0.39, 0.29) is 12.5 Å². The van der Waals surface area contributed by atoms with Gasteiger partial charge in [0.1, 0.15) is 17.0 Å². The van der Waals surface area contributed by atoms with Crippen LogP contribution in [-0.2, 0) is 9.53 Å². The van der Waals surface area contributed by atoms with Crippen molar-refractivity contribution in [2.75, 3.05) is 6.61 Å². The van der Waals surface area contributed by atoms with Gasteiger partial charge in [0.15, 0.2) is 0 Å². The number of aromatic nitrogens is 2. The Balaban J connectivity index is 2.08. The lowest BCUT2D eigenvalue weighted by molar-refractivity contribution is -0.137. The van der Waals surface area contributed by atoms with E-state index in [2.05, 4.69) is 18.8 Å². The van der Waals surface area contributed by atoms with Gasteiger partial charge in [-0.3, -0.25) is 4.79 Å². The standard InChI is InChI=1S/C18H23ClN2O3S/c1-11(2)16-18(25-14-7-4-6-13(19)10-14)21-17(20-16)12(3)24-9-5-8-15(22)23/h4,6-7,10-12H,5,8-9H2,1-3H3,(H,20,21)(H,22,23). The molecule has 2 rings (SSSR count). The van der Waals surface area contributed by atoms with Gasteiger partial charge in [0.05, 0.1) is 5.69 Å². The van der Waals surface area contributed by atoms with Gasteiger partial charge in [-0.1, -0.05) is 43.3 Å². The van der Waals surface area contributed by atoms with E-state index >= 15 is 0 Å². The van der Waals surface area contributed by atoms with E-state index in [1.165, 1.54) is 0 Å². The average molecular weight is 383 g/mol. The molecule has 1 heterocycles. The zero-order valence-corrected chi connectivity index (χ0v) is 16.2. The quantitative estimate of drug-likeness (QED) is 0.577. The number of aliphatic carboxylic acids is 1. The number of nitrogens with zero attached hydrogens (tertiary/aromatic N) is 1. The van der Waals surface area contributed by atoms with Crippen molar-refractivity contribution in [3.8, 4) is 0 Å². The van der Waals surface area contributed by atoms with Gasteiger partial charge in [0, 0.05) is 22.9 Å². The first-order valence-corrected chi connectivity index (χ1v) is 9.43.